The highest BCUT2D eigenvalue weighted by Crippen LogP contribution is 2.13. The average Bonchev–Trinajstić information content (AvgIpc) is 2.83. The second-order valence-electron chi connectivity index (χ2n) is 7.11. The maximum Gasteiger partial charge on any atom is 0.272 e. The van der Waals surface area contributed by atoms with Crippen molar-refractivity contribution in [2.24, 2.45) is 0 Å². The van der Waals surface area contributed by atoms with Crippen molar-refractivity contribution in [2.45, 2.75) is 0 Å². The molecule has 0 fully saturated rings. The van der Waals surface area contributed by atoms with E-state index < -0.39 is 16.9 Å². The number of benzene rings is 2. The Morgan fingerprint density at radius 2 is 1.61 bits per heavy atom. The summed E-state index contributed by atoms with van der Waals surface area (Å²) < 4.78 is 18.2. The van der Waals surface area contributed by atoms with Gasteiger partial charge in [0, 0.05) is 11.1 Å². The summed E-state index contributed by atoms with van der Waals surface area (Å²) in [5.74, 6) is -0.149. The van der Waals surface area contributed by atoms with Crippen LogP contribution in [-0.4, -0.2) is 27.8 Å². The molecule has 0 bridgehead atoms. The Hall–Kier alpha value is -4.59. The zero-order valence-electron chi connectivity index (χ0n) is 17.5. The molecule has 7 nitrogen and oxygen atoms in total. The molecule has 0 atom stereocenters. The number of hydrogen-bond donors (Lipinski definition) is 2. The van der Waals surface area contributed by atoms with Crippen LogP contribution in [0.25, 0.3) is 12.2 Å². The van der Waals surface area contributed by atoms with Crippen LogP contribution in [0.4, 0.5) is 4.39 Å². The summed E-state index contributed by atoms with van der Waals surface area (Å²) in [5.41, 5.74) is 0.705. The maximum absolute atomic E-state index is 13.1. The SMILES string of the molecule is COc1ccc(C=c2[nH]c(=O)c(=Cc3cccc(C(=O)c4ccc(F)cc4)c3)[nH]c2=O)nc1. The lowest BCUT2D eigenvalue weighted by Gasteiger charge is -2.03. The molecule has 0 aliphatic heterocycles. The summed E-state index contributed by atoms with van der Waals surface area (Å²) in [6.07, 6.45) is 4.42. The molecule has 0 spiro atoms. The quantitative estimate of drug-likeness (QED) is 0.455. The van der Waals surface area contributed by atoms with Gasteiger partial charge in [-0.25, -0.2) is 4.39 Å². The number of hydrogen-bond acceptors (Lipinski definition) is 5. The zero-order valence-corrected chi connectivity index (χ0v) is 17.5. The number of rotatable bonds is 5. The van der Waals surface area contributed by atoms with Crippen LogP contribution < -0.4 is 26.6 Å². The van der Waals surface area contributed by atoms with Crippen molar-refractivity contribution in [3.8, 4) is 5.75 Å². The lowest BCUT2D eigenvalue weighted by atomic mass is 10.0. The molecule has 4 aromatic rings. The normalized spacial score (nSPS) is 12.1. The first kappa shape index (κ1) is 21.6. The fourth-order valence-electron chi connectivity index (χ4n) is 3.15. The Bertz CT molecular complexity index is 1550. The third-order valence-electron chi connectivity index (χ3n) is 4.84. The molecule has 0 amide bonds. The van der Waals surface area contributed by atoms with E-state index in [1.54, 1.807) is 36.4 Å². The van der Waals surface area contributed by atoms with Gasteiger partial charge in [0.1, 0.15) is 22.3 Å². The Labute approximate surface area is 186 Å². The first-order chi connectivity index (χ1) is 15.9. The first-order valence-corrected chi connectivity index (χ1v) is 9.89. The number of carbonyl (C=O) groups excluding carboxylic acids is 1. The maximum atomic E-state index is 13.1. The monoisotopic (exact) mass is 443 g/mol. The molecule has 2 heterocycles. The van der Waals surface area contributed by atoms with E-state index in [9.17, 15) is 18.8 Å². The van der Waals surface area contributed by atoms with Gasteiger partial charge < -0.3 is 14.7 Å². The summed E-state index contributed by atoms with van der Waals surface area (Å²) in [4.78, 5) is 46.9. The van der Waals surface area contributed by atoms with Crippen molar-refractivity contribution < 1.29 is 13.9 Å². The molecular formula is C25H18FN3O4. The highest BCUT2D eigenvalue weighted by Gasteiger charge is 2.09. The molecule has 2 N–H and O–H groups in total. The van der Waals surface area contributed by atoms with Crippen LogP contribution in [0.15, 0.2) is 76.4 Å². The minimum absolute atomic E-state index is 0.0335. The molecule has 4 rings (SSSR count). The third-order valence-corrected chi connectivity index (χ3v) is 4.84. The van der Waals surface area contributed by atoms with E-state index in [-0.39, 0.29) is 16.5 Å². The molecule has 0 radical (unpaired) electrons. The number of nitrogens with one attached hydrogen (secondary N) is 2. The van der Waals surface area contributed by atoms with Crippen LogP contribution in [0.5, 0.6) is 5.75 Å². The van der Waals surface area contributed by atoms with Gasteiger partial charge in [0.05, 0.1) is 19.0 Å². The van der Waals surface area contributed by atoms with E-state index in [0.717, 1.165) is 0 Å². The topological polar surface area (TPSA) is 105 Å². The van der Waals surface area contributed by atoms with Crippen molar-refractivity contribution in [3.05, 3.63) is 126 Å². The molecule has 2 aromatic heterocycles. The van der Waals surface area contributed by atoms with Gasteiger partial charge in [-0.1, -0.05) is 18.2 Å². The minimum atomic E-state index is -0.510. The van der Waals surface area contributed by atoms with E-state index in [2.05, 4.69) is 15.0 Å². The van der Waals surface area contributed by atoms with Crippen molar-refractivity contribution in [1.29, 1.82) is 0 Å². The molecular weight excluding hydrogens is 425 g/mol. The minimum Gasteiger partial charge on any atom is -0.495 e. The highest BCUT2D eigenvalue weighted by molar-refractivity contribution is 6.09. The number of halogens is 1. The Morgan fingerprint density at radius 3 is 2.24 bits per heavy atom. The largest absolute Gasteiger partial charge is 0.495 e. The highest BCUT2D eigenvalue weighted by atomic mass is 19.1. The van der Waals surface area contributed by atoms with E-state index in [4.69, 9.17) is 4.74 Å². The van der Waals surface area contributed by atoms with E-state index in [1.807, 2.05) is 0 Å². The number of H-pyrrole nitrogens is 2. The zero-order chi connectivity index (χ0) is 23.4. The molecule has 0 saturated heterocycles. The first-order valence-electron chi connectivity index (χ1n) is 9.89. The number of carbonyl (C=O) groups is 1. The molecule has 0 aliphatic rings. The second kappa shape index (κ2) is 9.27. The van der Waals surface area contributed by atoms with Crippen LogP contribution in [0.1, 0.15) is 27.2 Å². The molecule has 8 heteroatoms. The van der Waals surface area contributed by atoms with E-state index in [1.165, 1.54) is 49.7 Å². The van der Waals surface area contributed by atoms with Gasteiger partial charge in [-0.05, 0) is 60.2 Å². The number of pyridine rings is 1. The number of ether oxygens (including phenoxy) is 1. The summed E-state index contributed by atoms with van der Waals surface area (Å²) >= 11 is 0. The van der Waals surface area contributed by atoms with Gasteiger partial charge in [0.15, 0.2) is 5.78 Å². The number of ketones is 1. The smallest absolute Gasteiger partial charge is 0.272 e. The Morgan fingerprint density at radius 1 is 0.909 bits per heavy atom. The van der Waals surface area contributed by atoms with Crippen molar-refractivity contribution in [1.82, 2.24) is 15.0 Å². The van der Waals surface area contributed by atoms with Crippen LogP contribution in [0.2, 0.25) is 0 Å². The summed E-state index contributed by atoms with van der Waals surface area (Å²) in [6.45, 7) is 0. The van der Waals surface area contributed by atoms with Crippen molar-refractivity contribution in [2.75, 3.05) is 7.11 Å². The third kappa shape index (κ3) is 5.01. The summed E-state index contributed by atoms with van der Waals surface area (Å²) in [5, 5.41) is 0.0845. The van der Waals surface area contributed by atoms with E-state index in [0.29, 0.717) is 28.1 Å². The molecule has 0 aliphatic carbocycles. The fourth-order valence-corrected chi connectivity index (χ4v) is 3.15. The number of aromatic nitrogens is 3. The van der Waals surface area contributed by atoms with Crippen molar-refractivity contribution in [3.63, 3.8) is 0 Å². The number of methoxy groups -OCH3 is 1. The van der Waals surface area contributed by atoms with Gasteiger partial charge >= 0.3 is 0 Å². The number of nitrogens with zero attached hydrogens (tertiary/aromatic N) is 1. The van der Waals surface area contributed by atoms with Gasteiger partial charge in [-0.2, -0.15) is 0 Å². The lowest BCUT2D eigenvalue weighted by molar-refractivity contribution is 0.103. The lowest BCUT2D eigenvalue weighted by Crippen LogP contribution is -2.46. The second-order valence-corrected chi connectivity index (χ2v) is 7.11. The predicted molar refractivity (Wildman–Crippen MR) is 121 cm³/mol. The molecule has 164 valence electrons. The number of aromatic amines is 2. The molecule has 0 unspecified atom stereocenters. The summed E-state index contributed by atoms with van der Waals surface area (Å²) in [7, 11) is 1.52. The molecule has 2 aromatic carbocycles. The fraction of sp³-hybridized carbons (Fsp3) is 0.0400. The summed E-state index contributed by atoms with van der Waals surface area (Å²) in [6, 6.07) is 15.1. The molecule has 33 heavy (non-hydrogen) atoms. The standard InChI is InChI=1S/C25H18FN3O4/c1-33-20-10-9-19(27-14-20)13-22-25(32)28-21(24(31)29-22)12-15-3-2-4-17(11-15)23(30)16-5-7-18(26)8-6-16/h2-14H,1H3,(H,28,32)(H,29,31). The van der Waals surface area contributed by atoms with Gasteiger partial charge in [0.25, 0.3) is 11.1 Å². The van der Waals surface area contributed by atoms with Crippen LogP contribution in [0, 0.1) is 5.82 Å². The Kier molecular flexibility index (Phi) is 6.08. The van der Waals surface area contributed by atoms with Crippen LogP contribution in [-0.2, 0) is 0 Å². The van der Waals surface area contributed by atoms with Gasteiger partial charge in [0.2, 0.25) is 0 Å². The van der Waals surface area contributed by atoms with Crippen LogP contribution in [0.3, 0.4) is 0 Å². The van der Waals surface area contributed by atoms with Gasteiger partial charge in [-0.3, -0.25) is 19.4 Å². The van der Waals surface area contributed by atoms with Gasteiger partial charge in [-0.15, -0.1) is 0 Å². The molecule has 0 saturated carbocycles. The van der Waals surface area contributed by atoms with Crippen molar-refractivity contribution >= 4 is 17.9 Å². The predicted octanol–water partition coefficient (Wildman–Crippen LogP) is 1.49. The Balaban J connectivity index is 1.69. The van der Waals surface area contributed by atoms with E-state index >= 15 is 0 Å². The average molecular weight is 443 g/mol. The van der Waals surface area contributed by atoms with Crippen LogP contribution >= 0.6 is 0 Å².